The molecule has 0 heterocycles. The summed E-state index contributed by atoms with van der Waals surface area (Å²) in [6, 6.07) is 24.4. The van der Waals surface area contributed by atoms with Crippen molar-refractivity contribution in [3.63, 3.8) is 0 Å². The Balaban J connectivity index is 1.51. The molecule has 0 aromatic heterocycles. The van der Waals surface area contributed by atoms with Crippen LogP contribution in [-0.2, 0) is 11.4 Å². The molecule has 3 aromatic carbocycles. The number of rotatable bonds is 10. The molecule has 3 N–H and O–H groups in total. The monoisotopic (exact) mass is 431 g/mol. The number of hydrogen-bond acceptors (Lipinski definition) is 4. The van der Waals surface area contributed by atoms with Crippen LogP contribution in [-0.4, -0.2) is 24.4 Å². The molecule has 1 unspecified atom stereocenters. The highest BCUT2D eigenvalue weighted by molar-refractivity contribution is 5.96. The van der Waals surface area contributed by atoms with Gasteiger partial charge < -0.3 is 20.7 Å². The van der Waals surface area contributed by atoms with Crippen molar-refractivity contribution in [3.05, 3.63) is 90.0 Å². The normalized spacial score (nSPS) is 11.3. The number of carbonyl (C=O) groups is 2. The predicted molar refractivity (Wildman–Crippen MR) is 128 cm³/mol. The van der Waals surface area contributed by atoms with Gasteiger partial charge in [-0.3, -0.25) is 9.59 Å². The molecule has 1 atom stereocenters. The van der Waals surface area contributed by atoms with Crippen molar-refractivity contribution in [2.75, 3.05) is 17.2 Å². The number of hydrogen-bond donors (Lipinski definition) is 3. The molecular formula is C26H29N3O3. The van der Waals surface area contributed by atoms with Crippen molar-refractivity contribution in [3.8, 4) is 5.75 Å². The fourth-order valence-electron chi connectivity index (χ4n) is 2.97. The van der Waals surface area contributed by atoms with Crippen LogP contribution in [0.15, 0.2) is 78.9 Å². The molecule has 0 saturated heterocycles. The topological polar surface area (TPSA) is 79.5 Å². The second-order valence-electron chi connectivity index (χ2n) is 7.53. The zero-order valence-electron chi connectivity index (χ0n) is 18.4. The van der Waals surface area contributed by atoms with E-state index in [1.807, 2.05) is 68.4 Å². The summed E-state index contributed by atoms with van der Waals surface area (Å²) in [4.78, 5) is 24.5. The first-order valence-electron chi connectivity index (χ1n) is 10.8. The van der Waals surface area contributed by atoms with Crippen molar-refractivity contribution in [1.29, 1.82) is 0 Å². The molecule has 166 valence electrons. The Morgan fingerprint density at radius 3 is 2.31 bits per heavy atom. The zero-order valence-corrected chi connectivity index (χ0v) is 18.4. The third kappa shape index (κ3) is 6.87. The molecule has 3 aromatic rings. The highest BCUT2D eigenvalue weighted by atomic mass is 16.5. The number of anilines is 2. The summed E-state index contributed by atoms with van der Waals surface area (Å²) in [5, 5.41) is 8.88. The van der Waals surface area contributed by atoms with Gasteiger partial charge in [0.2, 0.25) is 5.91 Å². The van der Waals surface area contributed by atoms with Crippen LogP contribution in [0.3, 0.4) is 0 Å². The van der Waals surface area contributed by atoms with Gasteiger partial charge in [0.05, 0.1) is 12.2 Å². The summed E-state index contributed by atoms with van der Waals surface area (Å²) < 4.78 is 5.91. The van der Waals surface area contributed by atoms with Crippen LogP contribution in [0.2, 0.25) is 0 Å². The standard InChI is InChI=1S/C26H29N3O3/c1-3-19(2)28-26(31)21-13-15-22(16-14-21)29-25(30)17-27-23-11-7-8-12-24(23)32-18-20-9-5-4-6-10-20/h4-16,19,27H,3,17-18H2,1-2H3,(H,28,31)(H,29,30). The molecule has 0 bridgehead atoms. The van der Waals surface area contributed by atoms with E-state index in [2.05, 4.69) is 16.0 Å². The largest absolute Gasteiger partial charge is 0.487 e. The summed E-state index contributed by atoms with van der Waals surface area (Å²) in [7, 11) is 0. The molecule has 0 aliphatic heterocycles. The maximum absolute atomic E-state index is 12.4. The summed E-state index contributed by atoms with van der Waals surface area (Å²) >= 11 is 0. The Hall–Kier alpha value is -3.80. The lowest BCUT2D eigenvalue weighted by molar-refractivity contribution is -0.114. The van der Waals surface area contributed by atoms with Gasteiger partial charge in [0.1, 0.15) is 12.4 Å². The molecule has 32 heavy (non-hydrogen) atoms. The first-order chi connectivity index (χ1) is 15.5. The fraction of sp³-hybridized carbons (Fsp3) is 0.231. The highest BCUT2D eigenvalue weighted by Crippen LogP contribution is 2.24. The second kappa shape index (κ2) is 11.6. The van der Waals surface area contributed by atoms with Crippen molar-refractivity contribution >= 4 is 23.2 Å². The van der Waals surface area contributed by atoms with Crippen LogP contribution in [0.5, 0.6) is 5.75 Å². The second-order valence-corrected chi connectivity index (χ2v) is 7.53. The third-order valence-electron chi connectivity index (χ3n) is 4.98. The van der Waals surface area contributed by atoms with Crippen molar-refractivity contribution in [2.45, 2.75) is 32.9 Å². The number of benzene rings is 3. The minimum atomic E-state index is -0.195. The molecule has 0 saturated carbocycles. The number of para-hydroxylation sites is 2. The highest BCUT2D eigenvalue weighted by Gasteiger charge is 2.10. The minimum Gasteiger partial charge on any atom is -0.487 e. The number of amides is 2. The van der Waals surface area contributed by atoms with E-state index in [0.29, 0.717) is 23.6 Å². The van der Waals surface area contributed by atoms with Gasteiger partial charge in [-0.15, -0.1) is 0 Å². The van der Waals surface area contributed by atoms with Gasteiger partial charge in [-0.25, -0.2) is 0 Å². The first-order valence-corrected chi connectivity index (χ1v) is 10.8. The summed E-state index contributed by atoms with van der Waals surface area (Å²) in [5.74, 6) is 0.367. The van der Waals surface area contributed by atoms with E-state index in [4.69, 9.17) is 4.74 Å². The smallest absolute Gasteiger partial charge is 0.251 e. The fourth-order valence-corrected chi connectivity index (χ4v) is 2.97. The molecule has 0 aliphatic carbocycles. The molecule has 0 spiro atoms. The molecule has 0 fully saturated rings. The number of ether oxygens (including phenoxy) is 1. The molecule has 6 heteroatoms. The summed E-state index contributed by atoms with van der Waals surface area (Å²) in [6.45, 7) is 4.51. The molecular weight excluding hydrogens is 402 g/mol. The van der Waals surface area contributed by atoms with Crippen LogP contribution in [0.1, 0.15) is 36.2 Å². The van der Waals surface area contributed by atoms with Crippen molar-refractivity contribution < 1.29 is 14.3 Å². The predicted octanol–water partition coefficient (Wildman–Crippen LogP) is 4.84. The summed E-state index contributed by atoms with van der Waals surface area (Å²) in [6.07, 6.45) is 0.868. The lowest BCUT2D eigenvalue weighted by Gasteiger charge is -2.14. The Morgan fingerprint density at radius 2 is 1.59 bits per heavy atom. The van der Waals surface area contributed by atoms with E-state index in [1.165, 1.54) is 0 Å². The van der Waals surface area contributed by atoms with E-state index in [0.717, 1.165) is 17.7 Å². The molecule has 0 aliphatic rings. The van der Waals surface area contributed by atoms with Crippen LogP contribution in [0, 0.1) is 0 Å². The van der Waals surface area contributed by atoms with Gasteiger partial charge in [-0.05, 0) is 55.3 Å². The minimum absolute atomic E-state index is 0.0853. The third-order valence-corrected chi connectivity index (χ3v) is 4.98. The van der Waals surface area contributed by atoms with Crippen LogP contribution in [0.4, 0.5) is 11.4 Å². The average Bonchev–Trinajstić information content (AvgIpc) is 2.83. The van der Waals surface area contributed by atoms with Crippen molar-refractivity contribution in [1.82, 2.24) is 5.32 Å². The van der Waals surface area contributed by atoms with E-state index in [1.54, 1.807) is 24.3 Å². The molecule has 6 nitrogen and oxygen atoms in total. The Kier molecular flexibility index (Phi) is 8.26. The first kappa shape index (κ1) is 22.9. The van der Waals surface area contributed by atoms with Crippen LogP contribution >= 0.6 is 0 Å². The van der Waals surface area contributed by atoms with E-state index in [9.17, 15) is 9.59 Å². The Bertz CT molecular complexity index is 1020. The van der Waals surface area contributed by atoms with Gasteiger partial charge in [-0.1, -0.05) is 49.4 Å². The lowest BCUT2D eigenvalue weighted by atomic mass is 10.1. The van der Waals surface area contributed by atoms with E-state index in [-0.39, 0.29) is 24.4 Å². The van der Waals surface area contributed by atoms with Gasteiger partial charge in [0.15, 0.2) is 0 Å². The molecule has 3 rings (SSSR count). The van der Waals surface area contributed by atoms with Crippen LogP contribution < -0.4 is 20.7 Å². The quantitative estimate of drug-likeness (QED) is 0.429. The van der Waals surface area contributed by atoms with Gasteiger partial charge in [-0.2, -0.15) is 0 Å². The average molecular weight is 432 g/mol. The molecule has 0 radical (unpaired) electrons. The van der Waals surface area contributed by atoms with E-state index >= 15 is 0 Å². The van der Waals surface area contributed by atoms with Gasteiger partial charge >= 0.3 is 0 Å². The lowest BCUT2D eigenvalue weighted by Crippen LogP contribution is -2.31. The number of nitrogens with one attached hydrogen (secondary N) is 3. The maximum atomic E-state index is 12.4. The van der Waals surface area contributed by atoms with E-state index < -0.39 is 0 Å². The Labute approximate surface area is 189 Å². The number of carbonyl (C=O) groups excluding carboxylic acids is 2. The SMILES string of the molecule is CCC(C)NC(=O)c1ccc(NC(=O)CNc2ccccc2OCc2ccccc2)cc1. The van der Waals surface area contributed by atoms with Crippen molar-refractivity contribution in [2.24, 2.45) is 0 Å². The zero-order chi connectivity index (χ0) is 22.8. The maximum Gasteiger partial charge on any atom is 0.251 e. The Morgan fingerprint density at radius 1 is 0.906 bits per heavy atom. The van der Waals surface area contributed by atoms with Crippen LogP contribution in [0.25, 0.3) is 0 Å². The van der Waals surface area contributed by atoms with Gasteiger partial charge in [0.25, 0.3) is 5.91 Å². The summed E-state index contributed by atoms with van der Waals surface area (Å²) in [5.41, 5.74) is 3.01. The van der Waals surface area contributed by atoms with Gasteiger partial charge in [0, 0.05) is 17.3 Å². The molecule has 2 amide bonds.